The molecule has 0 N–H and O–H groups in total. The quantitative estimate of drug-likeness (QED) is 0.647. The van der Waals surface area contributed by atoms with Gasteiger partial charge in [-0.25, -0.2) is 0 Å². The van der Waals surface area contributed by atoms with E-state index in [2.05, 4.69) is 9.72 Å². The minimum atomic E-state index is -4.73. The van der Waals surface area contributed by atoms with E-state index in [0.29, 0.717) is 0 Å². The Bertz CT molecular complexity index is 376. The average Bonchev–Trinajstić information content (AvgIpc) is 2.03. The van der Waals surface area contributed by atoms with Crippen molar-refractivity contribution in [3.63, 3.8) is 0 Å². The van der Waals surface area contributed by atoms with Crippen LogP contribution in [0.25, 0.3) is 0 Å². The molecule has 0 spiro atoms. The van der Waals surface area contributed by atoms with E-state index < -0.39 is 15.1 Å². The zero-order valence-corrected chi connectivity index (χ0v) is 7.01. The van der Waals surface area contributed by atoms with Gasteiger partial charge in [0, 0.05) is 6.20 Å². The topological polar surface area (TPSA) is 56.3 Å². The highest BCUT2D eigenvalue weighted by atomic mass is 32.3. The maximum absolute atomic E-state index is 12.4. The number of aromatic nitrogens is 1. The van der Waals surface area contributed by atoms with Crippen molar-refractivity contribution in [3.8, 4) is 5.75 Å². The van der Waals surface area contributed by atoms with Crippen LogP contribution in [0.1, 0.15) is 0 Å². The number of halogens is 1. The van der Waals surface area contributed by atoms with E-state index in [1.54, 1.807) is 0 Å². The van der Waals surface area contributed by atoms with Crippen molar-refractivity contribution in [1.82, 2.24) is 4.98 Å². The second-order valence-electron chi connectivity index (χ2n) is 1.96. The predicted octanol–water partition coefficient (Wildman–Crippen LogP) is 0.748. The number of rotatable bonds is 2. The molecule has 1 aromatic heterocycles. The van der Waals surface area contributed by atoms with Gasteiger partial charge < -0.3 is 4.74 Å². The van der Waals surface area contributed by atoms with Gasteiger partial charge in [0.2, 0.25) is 0 Å². The fourth-order valence-electron chi connectivity index (χ4n) is 0.719. The minimum absolute atomic E-state index is 0.0486. The van der Waals surface area contributed by atoms with Gasteiger partial charge in [-0.15, -0.1) is 3.89 Å². The Labute approximate surface area is 69.2 Å². The van der Waals surface area contributed by atoms with Crippen molar-refractivity contribution in [2.45, 2.75) is 4.90 Å². The van der Waals surface area contributed by atoms with Crippen LogP contribution >= 0.6 is 0 Å². The van der Waals surface area contributed by atoms with E-state index in [-0.39, 0.29) is 5.75 Å². The SMILES string of the molecule is COc1ccncc1S(=O)(=O)F. The van der Waals surface area contributed by atoms with Gasteiger partial charge in [0.05, 0.1) is 13.3 Å². The predicted molar refractivity (Wildman–Crippen MR) is 39.1 cm³/mol. The number of ether oxygens (including phenoxy) is 1. The Morgan fingerprint density at radius 3 is 2.67 bits per heavy atom. The summed E-state index contributed by atoms with van der Waals surface area (Å²) in [5, 5.41) is 0. The smallest absolute Gasteiger partial charge is 0.337 e. The molecule has 66 valence electrons. The maximum Gasteiger partial charge on any atom is 0.337 e. The van der Waals surface area contributed by atoms with Crippen LogP contribution in [0.4, 0.5) is 3.89 Å². The van der Waals surface area contributed by atoms with Crippen LogP contribution in [-0.4, -0.2) is 20.5 Å². The van der Waals surface area contributed by atoms with Gasteiger partial charge in [-0.3, -0.25) is 4.98 Å². The lowest BCUT2D eigenvalue weighted by atomic mass is 10.4. The van der Waals surface area contributed by atoms with Crippen LogP contribution in [-0.2, 0) is 10.2 Å². The largest absolute Gasteiger partial charge is 0.495 e. The van der Waals surface area contributed by atoms with Crippen molar-refractivity contribution in [1.29, 1.82) is 0 Å². The molecular weight excluding hydrogens is 185 g/mol. The van der Waals surface area contributed by atoms with Crippen LogP contribution in [0.5, 0.6) is 5.75 Å². The van der Waals surface area contributed by atoms with Crippen LogP contribution in [0.15, 0.2) is 23.4 Å². The molecule has 0 fully saturated rings. The minimum Gasteiger partial charge on any atom is -0.495 e. The maximum atomic E-state index is 12.4. The Kier molecular flexibility index (Phi) is 2.27. The monoisotopic (exact) mass is 191 g/mol. The first-order chi connectivity index (χ1) is 5.55. The third-order valence-electron chi connectivity index (χ3n) is 1.23. The standard InChI is InChI=1S/C6H6FNO3S/c1-11-5-2-3-8-4-6(5)12(7,9)10/h2-4H,1H3. The summed E-state index contributed by atoms with van der Waals surface area (Å²) in [5.41, 5.74) is 0. The lowest BCUT2D eigenvalue weighted by molar-refractivity contribution is 0.400. The van der Waals surface area contributed by atoms with Crippen LogP contribution in [0, 0.1) is 0 Å². The van der Waals surface area contributed by atoms with E-state index in [9.17, 15) is 12.3 Å². The number of nitrogens with zero attached hydrogens (tertiary/aromatic N) is 1. The molecule has 0 bridgehead atoms. The van der Waals surface area contributed by atoms with Crippen LogP contribution < -0.4 is 4.74 Å². The second-order valence-corrected chi connectivity index (χ2v) is 3.28. The number of hydrogen-bond acceptors (Lipinski definition) is 4. The Balaban J connectivity index is 3.33. The zero-order chi connectivity index (χ0) is 9.19. The number of pyridine rings is 1. The van der Waals surface area contributed by atoms with Crippen molar-refractivity contribution >= 4 is 10.2 Å². The molecule has 0 atom stereocenters. The molecule has 0 aliphatic rings. The van der Waals surface area contributed by atoms with Crippen molar-refractivity contribution in [2.75, 3.05) is 7.11 Å². The molecular formula is C6H6FNO3S. The van der Waals surface area contributed by atoms with Crippen molar-refractivity contribution in [3.05, 3.63) is 18.5 Å². The van der Waals surface area contributed by atoms with Gasteiger partial charge in [0.1, 0.15) is 5.75 Å². The van der Waals surface area contributed by atoms with Crippen molar-refractivity contribution in [2.24, 2.45) is 0 Å². The molecule has 1 heterocycles. The molecule has 6 heteroatoms. The molecule has 12 heavy (non-hydrogen) atoms. The molecule has 0 aliphatic carbocycles. The summed E-state index contributed by atoms with van der Waals surface area (Å²) < 4.78 is 37.9. The second kappa shape index (κ2) is 3.06. The third-order valence-corrected chi connectivity index (χ3v) is 2.06. The first kappa shape index (κ1) is 8.92. The highest BCUT2D eigenvalue weighted by Gasteiger charge is 2.17. The molecule has 1 rings (SSSR count). The van der Waals surface area contributed by atoms with E-state index in [0.717, 1.165) is 6.20 Å². The highest BCUT2D eigenvalue weighted by molar-refractivity contribution is 7.86. The fourth-order valence-corrected chi connectivity index (χ4v) is 1.30. The van der Waals surface area contributed by atoms with Gasteiger partial charge in [0.25, 0.3) is 0 Å². The Hall–Kier alpha value is -1.17. The molecule has 1 aromatic rings. The summed E-state index contributed by atoms with van der Waals surface area (Å²) in [7, 11) is -3.48. The van der Waals surface area contributed by atoms with E-state index in [4.69, 9.17) is 0 Å². The number of methoxy groups -OCH3 is 1. The molecule has 0 aliphatic heterocycles. The van der Waals surface area contributed by atoms with E-state index in [1.165, 1.54) is 19.4 Å². The normalized spacial score (nSPS) is 11.2. The first-order valence-electron chi connectivity index (χ1n) is 2.98. The summed E-state index contributed by atoms with van der Waals surface area (Å²) in [6.07, 6.45) is 2.21. The Morgan fingerprint density at radius 2 is 2.25 bits per heavy atom. The van der Waals surface area contributed by atoms with Crippen molar-refractivity contribution < 1.29 is 17.0 Å². The summed E-state index contributed by atoms with van der Waals surface area (Å²) in [4.78, 5) is 2.91. The lowest BCUT2D eigenvalue weighted by Gasteiger charge is -2.01. The highest BCUT2D eigenvalue weighted by Crippen LogP contribution is 2.22. The summed E-state index contributed by atoms with van der Waals surface area (Å²) >= 11 is 0. The number of hydrogen-bond donors (Lipinski definition) is 0. The van der Waals surface area contributed by atoms with Crippen LogP contribution in [0.3, 0.4) is 0 Å². The summed E-state index contributed by atoms with van der Waals surface area (Å²) in [5.74, 6) is -0.0486. The molecule has 0 saturated carbocycles. The third kappa shape index (κ3) is 1.70. The summed E-state index contributed by atoms with van der Waals surface area (Å²) in [6, 6.07) is 1.27. The lowest BCUT2D eigenvalue weighted by Crippen LogP contribution is -1.97. The van der Waals surface area contributed by atoms with Gasteiger partial charge >= 0.3 is 10.2 Å². The average molecular weight is 191 g/mol. The van der Waals surface area contributed by atoms with Crippen LogP contribution in [0.2, 0.25) is 0 Å². The van der Waals surface area contributed by atoms with Gasteiger partial charge in [-0.1, -0.05) is 0 Å². The molecule has 0 saturated heterocycles. The fraction of sp³-hybridized carbons (Fsp3) is 0.167. The molecule has 0 aromatic carbocycles. The van der Waals surface area contributed by atoms with Gasteiger partial charge in [-0.2, -0.15) is 8.42 Å². The molecule has 0 unspecified atom stereocenters. The molecule has 4 nitrogen and oxygen atoms in total. The van der Waals surface area contributed by atoms with Gasteiger partial charge in [0.15, 0.2) is 4.90 Å². The molecule has 0 amide bonds. The first-order valence-corrected chi connectivity index (χ1v) is 4.36. The van der Waals surface area contributed by atoms with E-state index >= 15 is 0 Å². The Morgan fingerprint density at radius 1 is 1.58 bits per heavy atom. The van der Waals surface area contributed by atoms with E-state index in [1.807, 2.05) is 0 Å². The molecule has 0 radical (unpaired) electrons. The zero-order valence-electron chi connectivity index (χ0n) is 6.19. The summed E-state index contributed by atoms with van der Waals surface area (Å²) in [6.45, 7) is 0. The van der Waals surface area contributed by atoms with Gasteiger partial charge in [-0.05, 0) is 6.07 Å².